The van der Waals surface area contributed by atoms with E-state index in [0.29, 0.717) is 0 Å². The van der Waals surface area contributed by atoms with Crippen molar-refractivity contribution in [3.05, 3.63) is 17.9 Å². The first kappa shape index (κ1) is 13.5. The number of hydrogen-bond acceptors (Lipinski definition) is 5. The highest BCUT2D eigenvalue weighted by Crippen LogP contribution is 2.25. The van der Waals surface area contributed by atoms with Crippen molar-refractivity contribution < 1.29 is 23.0 Å². The van der Waals surface area contributed by atoms with Crippen LogP contribution in [0, 0.1) is 5.92 Å². The van der Waals surface area contributed by atoms with Crippen molar-refractivity contribution in [2.75, 3.05) is 6.54 Å². The Labute approximate surface area is 106 Å². The van der Waals surface area contributed by atoms with Crippen molar-refractivity contribution in [1.82, 2.24) is 4.72 Å². The van der Waals surface area contributed by atoms with Gasteiger partial charge in [-0.25, -0.2) is 13.1 Å². The summed E-state index contributed by atoms with van der Waals surface area (Å²) in [7, 11) is -3.70. The highest BCUT2D eigenvalue weighted by Gasteiger charge is 2.27. The van der Waals surface area contributed by atoms with Gasteiger partial charge >= 0.3 is 0 Å². The van der Waals surface area contributed by atoms with Crippen LogP contribution in [0.25, 0.3) is 0 Å². The summed E-state index contributed by atoms with van der Waals surface area (Å²) < 4.78 is 31.1. The molecule has 0 amide bonds. The van der Waals surface area contributed by atoms with E-state index in [2.05, 4.69) is 4.72 Å². The SMILES string of the molecule is O=S(=O)(NCC1CCCC1O)c1ccc(CO)o1. The van der Waals surface area contributed by atoms with Crippen molar-refractivity contribution in [2.24, 2.45) is 5.92 Å². The van der Waals surface area contributed by atoms with E-state index in [0.717, 1.165) is 19.3 Å². The van der Waals surface area contributed by atoms with E-state index in [4.69, 9.17) is 9.52 Å². The van der Waals surface area contributed by atoms with E-state index >= 15 is 0 Å². The second-order valence-corrected chi connectivity index (χ2v) is 6.19. The first-order valence-electron chi connectivity index (χ1n) is 5.90. The lowest BCUT2D eigenvalue weighted by Crippen LogP contribution is -2.32. The van der Waals surface area contributed by atoms with Crippen LogP contribution in [-0.4, -0.2) is 31.3 Å². The Morgan fingerprint density at radius 2 is 2.17 bits per heavy atom. The molecule has 6 nitrogen and oxygen atoms in total. The van der Waals surface area contributed by atoms with E-state index in [-0.39, 0.29) is 29.9 Å². The molecule has 1 heterocycles. The van der Waals surface area contributed by atoms with E-state index in [9.17, 15) is 13.5 Å². The van der Waals surface area contributed by atoms with Gasteiger partial charge in [0.25, 0.3) is 10.0 Å². The Morgan fingerprint density at radius 1 is 1.39 bits per heavy atom. The molecule has 0 bridgehead atoms. The number of hydrogen-bond donors (Lipinski definition) is 3. The molecular formula is C11H17NO5S. The minimum atomic E-state index is -3.70. The summed E-state index contributed by atoms with van der Waals surface area (Å²) in [5, 5.41) is 18.2. The molecule has 1 aliphatic rings. The quantitative estimate of drug-likeness (QED) is 0.713. The number of furan rings is 1. The number of nitrogens with one attached hydrogen (secondary N) is 1. The molecule has 2 atom stereocenters. The molecule has 0 aromatic carbocycles. The number of aliphatic hydroxyl groups is 2. The summed E-state index contributed by atoms with van der Waals surface area (Å²) in [6.07, 6.45) is 2.03. The Morgan fingerprint density at radius 3 is 2.72 bits per heavy atom. The number of rotatable bonds is 5. The minimum absolute atomic E-state index is 0.0351. The fourth-order valence-electron chi connectivity index (χ4n) is 2.13. The molecule has 0 spiro atoms. The van der Waals surface area contributed by atoms with Gasteiger partial charge in [0, 0.05) is 6.54 Å². The smallest absolute Gasteiger partial charge is 0.273 e. The summed E-state index contributed by atoms with van der Waals surface area (Å²) in [5.74, 6) is 0.170. The average Bonchev–Trinajstić information content (AvgIpc) is 2.95. The zero-order valence-corrected chi connectivity index (χ0v) is 10.7. The van der Waals surface area contributed by atoms with Crippen LogP contribution < -0.4 is 4.72 Å². The summed E-state index contributed by atoms with van der Waals surface area (Å²) in [6, 6.07) is 2.72. The lowest BCUT2D eigenvalue weighted by molar-refractivity contribution is 0.134. The zero-order chi connectivity index (χ0) is 13.2. The Kier molecular flexibility index (Phi) is 4.06. The normalized spacial score (nSPS) is 24.6. The molecule has 1 saturated carbocycles. The third kappa shape index (κ3) is 2.92. The van der Waals surface area contributed by atoms with E-state index < -0.39 is 16.1 Å². The van der Waals surface area contributed by atoms with Gasteiger partial charge in [-0.15, -0.1) is 0 Å². The monoisotopic (exact) mass is 275 g/mol. The van der Waals surface area contributed by atoms with Gasteiger partial charge in [0.2, 0.25) is 5.09 Å². The largest absolute Gasteiger partial charge is 0.446 e. The van der Waals surface area contributed by atoms with E-state index in [1.54, 1.807) is 0 Å². The summed E-state index contributed by atoms with van der Waals surface area (Å²) in [6.45, 7) is -0.129. The van der Waals surface area contributed by atoms with Gasteiger partial charge < -0.3 is 14.6 Å². The molecule has 2 rings (SSSR count). The first-order chi connectivity index (χ1) is 8.53. The molecule has 0 aliphatic heterocycles. The predicted molar refractivity (Wildman–Crippen MR) is 63.2 cm³/mol. The molecule has 1 aromatic rings. The molecule has 1 aliphatic carbocycles. The van der Waals surface area contributed by atoms with Gasteiger partial charge in [-0.1, -0.05) is 6.42 Å². The summed E-state index contributed by atoms with van der Waals surface area (Å²) >= 11 is 0. The third-order valence-corrected chi connectivity index (χ3v) is 4.51. The molecule has 7 heteroatoms. The standard InChI is InChI=1S/C11H17NO5S/c13-7-9-4-5-11(17-9)18(15,16)12-6-8-2-1-3-10(8)14/h4-5,8,10,12-14H,1-3,6-7H2. The lowest BCUT2D eigenvalue weighted by atomic mass is 10.1. The van der Waals surface area contributed by atoms with Crippen molar-refractivity contribution in [3.8, 4) is 0 Å². The molecule has 0 saturated heterocycles. The second kappa shape index (κ2) is 5.40. The predicted octanol–water partition coefficient (Wildman–Crippen LogP) is 0.211. The fraction of sp³-hybridized carbons (Fsp3) is 0.636. The fourth-order valence-corrected chi connectivity index (χ4v) is 3.17. The van der Waals surface area contributed by atoms with Crippen LogP contribution in [0.2, 0.25) is 0 Å². The maximum absolute atomic E-state index is 11.9. The van der Waals surface area contributed by atoms with Gasteiger partial charge in [0.1, 0.15) is 12.4 Å². The molecule has 0 radical (unpaired) electrons. The van der Waals surface area contributed by atoms with Crippen LogP contribution >= 0.6 is 0 Å². The highest BCUT2D eigenvalue weighted by molar-refractivity contribution is 7.89. The van der Waals surface area contributed by atoms with Crippen molar-refractivity contribution in [1.29, 1.82) is 0 Å². The van der Waals surface area contributed by atoms with Crippen molar-refractivity contribution in [2.45, 2.75) is 37.1 Å². The zero-order valence-electron chi connectivity index (χ0n) is 9.87. The van der Waals surface area contributed by atoms with Gasteiger partial charge in [0.15, 0.2) is 0 Å². The number of sulfonamides is 1. The Bertz CT molecular complexity index is 495. The van der Waals surface area contributed by atoms with E-state index in [1.807, 2.05) is 0 Å². The van der Waals surface area contributed by atoms with Crippen LogP contribution in [0.4, 0.5) is 0 Å². The molecule has 3 N–H and O–H groups in total. The summed E-state index contributed by atoms with van der Waals surface area (Å²) in [4.78, 5) is 0. The number of aliphatic hydroxyl groups excluding tert-OH is 2. The van der Waals surface area contributed by atoms with Crippen LogP contribution in [0.15, 0.2) is 21.6 Å². The van der Waals surface area contributed by atoms with Gasteiger partial charge in [-0.05, 0) is 30.9 Å². The van der Waals surface area contributed by atoms with Crippen molar-refractivity contribution >= 4 is 10.0 Å². The maximum atomic E-state index is 11.9. The van der Waals surface area contributed by atoms with Crippen LogP contribution in [0.1, 0.15) is 25.0 Å². The third-order valence-electron chi connectivity index (χ3n) is 3.21. The lowest BCUT2D eigenvalue weighted by Gasteiger charge is -2.14. The van der Waals surface area contributed by atoms with Crippen LogP contribution in [0.3, 0.4) is 0 Å². The molecular weight excluding hydrogens is 258 g/mol. The van der Waals surface area contributed by atoms with Crippen LogP contribution in [-0.2, 0) is 16.6 Å². The topological polar surface area (TPSA) is 99.8 Å². The molecule has 2 unspecified atom stereocenters. The van der Waals surface area contributed by atoms with Gasteiger partial charge in [0.05, 0.1) is 6.10 Å². The molecule has 1 fully saturated rings. The van der Waals surface area contributed by atoms with Gasteiger partial charge in [-0.3, -0.25) is 0 Å². The highest BCUT2D eigenvalue weighted by atomic mass is 32.2. The minimum Gasteiger partial charge on any atom is -0.446 e. The van der Waals surface area contributed by atoms with Gasteiger partial charge in [-0.2, -0.15) is 0 Å². The maximum Gasteiger partial charge on any atom is 0.273 e. The molecule has 102 valence electrons. The van der Waals surface area contributed by atoms with Crippen molar-refractivity contribution in [3.63, 3.8) is 0 Å². The van der Waals surface area contributed by atoms with Crippen LogP contribution in [0.5, 0.6) is 0 Å². The molecule has 18 heavy (non-hydrogen) atoms. The second-order valence-electron chi connectivity index (χ2n) is 4.49. The average molecular weight is 275 g/mol. The van der Waals surface area contributed by atoms with E-state index in [1.165, 1.54) is 12.1 Å². The Balaban J connectivity index is 1.98. The molecule has 1 aromatic heterocycles. The summed E-state index contributed by atoms with van der Waals surface area (Å²) in [5.41, 5.74) is 0. The first-order valence-corrected chi connectivity index (χ1v) is 7.38. The Hall–Kier alpha value is -0.890.